The number of aliphatic hydroxyl groups is 1. The predicted octanol–water partition coefficient (Wildman–Crippen LogP) is 4.25. The summed E-state index contributed by atoms with van der Waals surface area (Å²) in [4.78, 5) is 28.2. The smallest absolute Gasteiger partial charge is 0.232 e. The number of nitrogens with one attached hydrogen (secondary N) is 1. The van der Waals surface area contributed by atoms with Gasteiger partial charge >= 0.3 is 0 Å². The van der Waals surface area contributed by atoms with E-state index in [0.717, 1.165) is 36.1 Å². The lowest BCUT2D eigenvalue weighted by Crippen LogP contribution is -2.54. The number of amides is 2. The summed E-state index contributed by atoms with van der Waals surface area (Å²) in [5, 5.41) is 13.1. The first-order valence-electron chi connectivity index (χ1n) is 10.9. The molecule has 5 atom stereocenters. The molecule has 1 aliphatic carbocycles. The number of fused-ring (bicyclic) bond motifs is 3. The second-order valence-corrected chi connectivity index (χ2v) is 9.57. The number of rotatable bonds is 5. The highest BCUT2D eigenvalue weighted by molar-refractivity contribution is 6.33. The van der Waals surface area contributed by atoms with Gasteiger partial charge < -0.3 is 15.3 Å². The van der Waals surface area contributed by atoms with Crippen LogP contribution in [0.15, 0.2) is 12.1 Å². The summed E-state index contributed by atoms with van der Waals surface area (Å²) in [7, 11) is 0. The maximum absolute atomic E-state index is 13.4. The highest BCUT2D eigenvalue weighted by atomic mass is 35.5. The number of benzene rings is 1. The Morgan fingerprint density at radius 2 is 2.14 bits per heavy atom. The molecule has 29 heavy (non-hydrogen) atoms. The molecule has 0 aromatic heterocycles. The number of piperidine rings is 1. The van der Waals surface area contributed by atoms with Crippen LogP contribution in [0.1, 0.15) is 68.9 Å². The number of nitrogens with zero attached hydrogens (tertiary/aromatic N) is 1. The Bertz CT molecular complexity index is 812. The quantitative estimate of drug-likeness (QED) is 0.750. The third-order valence-corrected chi connectivity index (χ3v) is 7.69. The van der Waals surface area contributed by atoms with Crippen LogP contribution in [0.2, 0.25) is 5.02 Å². The normalized spacial score (nSPS) is 29.4. The Balaban J connectivity index is 1.54. The lowest BCUT2D eigenvalue weighted by Gasteiger charge is -2.48. The fourth-order valence-electron chi connectivity index (χ4n) is 5.84. The molecule has 2 fully saturated rings. The first-order chi connectivity index (χ1) is 13.9. The highest BCUT2D eigenvalue weighted by Crippen LogP contribution is 2.45. The molecule has 2 heterocycles. The summed E-state index contributed by atoms with van der Waals surface area (Å²) in [6.07, 6.45) is 6.52. The van der Waals surface area contributed by atoms with Crippen molar-refractivity contribution in [2.45, 2.75) is 76.8 Å². The molecule has 2 N–H and O–H groups in total. The third-order valence-electron chi connectivity index (χ3n) is 7.19. The van der Waals surface area contributed by atoms with Crippen LogP contribution in [0.25, 0.3) is 0 Å². The van der Waals surface area contributed by atoms with Gasteiger partial charge in [-0.2, -0.15) is 0 Å². The van der Waals surface area contributed by atoms with Crippen molar-refractivity contribution in [1.29, 1.82) is 0 Å². The van der Waals surface area contributed by atoms with Crippen molar-refractivity contribution in [2.75, 3.05) is 11.9 Å². The number of likely N-dealkylation sites (tertiary alicyclic amines) is 1. The van der Waals surface area contributed by atoms with Crippen LogP contribution in [-0.4, -0.2) is 40.5 Å². The molecule has 1 aromatic carbocycles. The highest BCUT2D eigenvalue weighted by Gasteiger charge is 2.42. The first kappa shape index (κ1) is 20.7. The van der Waals surface area contributed by atoms with Crippen LogP contribution >= 0.6 is 11.6 Å². The maximum atomic E-state index is 13.4. The van der Waals surface area contributed by atoms with Gasteiger partial charge in [0.2, 0.25) is 11.8 Å². The Kier molecular flexibility index (Phi) is 5.90. The van der Waals surface area contributed by atoms with Crippen molar-refractivity contribution in [3.8, 4) is 0 Å². The second-order valence-electron chi connectivity index (χ2n) is 9.20. The van der Waals surface area contributed by atoms with Crippen LogP contribution < -0.4 is 5.32 Å². The van der Waals surface area contributed by atoms with Crippen molar-refractivity contribution >= 4 is 29.1 Å². The van der Waals surface area contributed by atoms with Crippen LogP contribution in [0.5, 0.6) is 0 Å². The zero-order valence-electron chi connectivity index (χ0n) is 17.3. The largest absolute Gasteiger partial charge is 0.396 e. The van der Waals surface area contributed by atoms with Gasteiger partial charge in [-0.25, -0.2) is 0 Å². The van der Waals surface area contributed by atoms with Crippen LogP contribution in [0, 0.1) is 18.8 Å². The van der Waals surface area contributed by atoms with Gasteiger partial charge in [0.15, 0.2) is 0 Å². The average molecular weight is 419 g/mol. The minimum atomic E-state index is -0.401. The molecule has 0 spiro atoms. The van der Waals surface area contributed by atoms with Crippen molar-refractivity contribution in [2.24, 2.45) is 11.8 Å². The average Bonchev–Trinajstić information content (AvgIpc) is 3.02. The van der Waals surface area contributed by atoms with Crippen molar-refractivity contribution in [3.05, 3.63) is 28.3 Å². The fraction of sp³-hybridized carbons (Fsp3) is 0.652. The Morgan fingerprint density at radius 1 is 1.34 bits per heavy atom. The van der Waals surface area contributed by atoms with Crippen molar-refractivity contribution in [3.63, 3.8) is 0 Å². The molecule has 2 bridgehead atoms. The number of aryl methyl sites for hydroxylation is 1. The molecule has 0 radical (unpaired) electrons. The summed E-state index contributed by atoms with van der Waals surface area (Å²) in [6.45, 7) is 4.02. The molecule has 158 valence electrons. The van der Waals surface area contributed by atoms with Crippen molar-refractivity contribution < 1.29 is 14.7 Å². The predicted molar refractivity (Wildman–Crippen MR) is 114 cm³/mol. The Labute approximate surface area is 177 Å². The van der Waals surface area contributed by atoms with E-state index < -0.39 is 5.92 Å². The Morgan fingerprint density at radius 3 is 2.90 bits per heavy atom. The third kappa shape index (κ3) is 3.79. The van der Waals surface area contributed by atoms with Gasteiger partial charge in [-0.3, -0.25) is 9.59 Å². The summed E-state index contributed by atoms with van der Waals surface area (Å²) in [5.41, 5.74) is 2.54. The van der Waals surface area contributed by atoms with E-state index in [4.69, 9.17) is 11.6 Å². The number of hydrogen-bond acceptors (Lipinski definition) is 3. The molecule has 1 saturated carbocycles. The summed E-state index contributed by atoms with van der Waals surface area (Å²) in [6, 6.07) is 4.22. The maximum Gasteiger partial charge on any atom is 0.232 e. The van der Waals surface area contributed by atoms with E-state index in [1.807, 2.05) is 26.0 Å². The lowest BCUT2D eigenvalue weighted by atomic mass is 9.75. The number of hydrogen-bond donors (Lipinski definition) is 2. The van der Waals surface area contributed by atoms with Crippen LogP contribution in [-0.2, 0) is 9.59 Å². The van der Waals surface area contributed by atoms with Crippen molar-refractivity contribution in [1.82, 2.24) is 4.90 Å². The molecule has 3 aliphatic rings. The number of anilines is 1. The molecule has 6 heteroatoms. The van der Waals surface area contributed by atoms with E-state index in [1.165, 1.54) is 12.8 Å². The molecular weight excluding hydrogens is 388 g/mol. The number of halogens is 1. The Hall–Kier alpha value is -1.59. The van der Waals surface area contributed by atoms with Gasteiger partial charge in [0.25, 0.3) is 0 Å². The van der Waals surface area contributed by atoms with Crippen LogP contribution in [0.3, 0.4) is 0 Å². The number of carbonyl (C=O) groups excluding carboxylic acids is 2. The van der Waals surface area contributed by atoms with Gasteiger partial charge in [0.1, 0.15) is 0 Å². The molecule has 5 nitrogen and oxygen atoms in total. The molecule has 1 aromatic rings. The monoisotopic (exact) mass is 418 g/mol. The molecule has 2 amide bonds. The summed E-state index contributed by atoms with van der Waals surface area (Å²) in [5.74, 6) is 0.184. The molecule has 5 unspecified atom stereocenters. The molecular formula is C23H31ClN2O3. The lowest BCUT2D eigenvalue weighted by molar-refractivity contribution is -0.142. The zero-order valence-corrected chi connectivity index (χ0v) is 18.0. The van der Waals surface area contributed by atoms with Gasteiger partial charge in [-0.05, 0) is 56.1 Å². The van der Waals surface area contributed by atoms with Gasteiger partial charge in [-0.1, -0.05) is 37.4 Å². The van der Waals surface area contributed by atoms with E-state index in [-0.39, 0.29) is 36.4 Å². The van der Waals surface area contributed by atoms with E-state index >= 15 is 0 Å². The minimum Gasteiger partial charge on any atom is -0.396 e. The second kappa shape index (κ2) is 8.27. The summed E-state index contributed by atoms with van der Waals surface area (Å²) >= 11 is 6.55. The number of carbonyl (C=O) groups is 2. The fourth-order valence-corrected chi connectivity index (χ4v) is 6.12. The SMILES string of the molecule is Cc1ccc2c(c1Cl)C(C(C)CC(=O)N1C(CCO)CC3CCCC1C3)C(=O)N2. The van der Waals surface area contributed by atoms with E-state index in [9.17, 15) is 14.7 Å². The molecule has 4 rings (SSSR count). The minimum absolute atomic E-state index is 0.0731. The van der Waals surface area contributed by atoms with Gasteiger partial charge in [0, 0.05) is 41.4 Å². The first-order valence-corrected chi connectivity index (χ1v) is 11.3. The van der Waals surface area contributed by atoms with Gasteiger partial charge in [0.05, 0.1) is 5.92 Å². The number of aliphatic hydroxyl groups excluding tert-OH is 1. The molecule has 1 saturated heterocycles. The standard InChI is InChI=1S/C23H31ClN2O3/c1-13-6-7-18-21(22(13)24)20(23(29)25-18)14(2)10-19(28)26-16-5-3-4-15(11-16)12-17(26)8-9-27/h6-7,14-17,20,27H,3-5,8-12H2,1-2H3,(H,25,29). The molecule has 2 aliphatic heterocycles. The van der Waals surface area contributed by atoms with E-state index in [2.05, 4.69) is 10.2 Å². The topological polar surface area (TPSA) is 69.6 Å². The van der Waals surface area contributed by atoms with E-state index in [0.29, 0.717) is 23.8 Å². The van der Waals surface area contributed by atoms with Crippen LogP contribution in [0.4, 0.5) is 5.69 Å². The van der Waals surface area contributed by atoms with E-state index in [1.54, 1.807) is 0 Å². The zero-order chi connectivity index (χ0) is 20.7. The summed E-state index contributed by atoms with van der Waals surface area (Å²) < 4.78 is 0. The van der Waals surface area contributed by atoms with Gasteiger partial charge in [-0.15, -0.1) is 0 Å².